The second-order valence-electron chi connectivity index (χ2n) is 6.53. The lowest BCUT2D eigenvalue weighted by atomic mass is 9.95. The number of benzene rings is 1. The summed E-state index contributed by atoms with van der Waals surface area (Å²) in [6.07, 6.45) is 7.56. The normalized spacial score (nSPS) is 17.0. The maximum atomic E-state index is 12.3. The standard InChI is InChI=1S/C20H24N2O2/c1-15-11-16(2)22(21-15)13-18-9-6-10-19(12-18)20(23)24-14-17-7-4-3-5-8-17/h3-4,6,9-12,17H,5,7-8,13-14H2,1-2H3. The molecule has 0 saturated carbocycles. The van der Waals surface area contributed by atoms with Gasteiger partial charge in [0.25, 0.3) is 0 Å². The highest BCUT2D eigenvalue weighted by atomic mass is 16.5. The van der Waals surface area contributed by atoms with Crippen LogP contribution in [0.15, 0.2) is 42.5 Å². The van der Waals surface area contributed by atoms with Crippen LogP contribution < -0.4 is 0 Å². The summed E-state index contributed by atoms with van der Waals surface area (Å²) in [6.45, 7) is 5.19. The molecular formula is C20H24N2O2. The fraction of sp³-hybridized carbons (Fsp3) is 0.400. The number of carbonyl (C=O) groups is 1. The summed E-state index contributed by atoms with van der Waals surface area (Å²) in [7, 11) is 0. The fourth-order valence-corrected chi connectivity index (χ4v) is 3.09. The molecule has 4 heteroatoms. The van der Waals surface area contributed by atoms with Gasteiger partial charge in [-0.05, 0) is 62.8 Å². The van der Waals surface area contributed by atoms with E-state index in [-0.39, 0.29) is 5.97 Å². The van der Waals surface area contributed by atoms with Crippen LogP contribution in [-0.4, -0.2) is 22.4 Å². The number of nitrogens with zero attached hydrogens (tertiary/aromatic N) is 2. The topological polar surface area (TPSA) is 44.1 Å². The van der Waals surface area contributed by atoms with Crippen molar-refractivity contribution in [1.82, 2.24) is 9.78 Å². The number of carbonyl (C=O) groups excluding carboxylic acids is 1. The first kappa shape index (κ1) is 16.5. The Morgan fingerprint density at radius 1 is 1.29 bits per heavy atom. The number of rotatable bonds is 5. The van der Waals surface area contributed by atoms with Crippen LogP contribution in [0.2, 0.25) is 0 Å². The monoisotopic (exact) mass is 324 g/mol. The SMILES string of the molecule is Cc1cc(C)n(Cc2cccc(C(=O)OCC3CC=CCC3)c2)n1. The van der Waals surface area contributed by atoms with Gasteiger partial charge in [0, 0.05) is 5.69 Å². The van der Waals surface area contributed by atoms with E-state index in [0.717, 1.165) is 36.2 Å². The number of hydrogen-bond acceptors (Lipinski definition) is 3. The minimum Gasteiger partial charge on any atom is -0.462 e. The molecule has 3 rings (SSSR count). The van der Waals surface area contributed by atoms with Crippen LogP contribution in [0.5, 0.6) is 0 Å². The highest BCUT2D eigenvalue weighted by Crippen LogP contribution is 2.19. The summed E-state index contributed by atoms with van der Waals surface area (Å²) in [4.78, 5) is 12.3. The molecule has 1 aromatic heterocycles. The van der Waals surface area contributed by atoms with E-state index < -0.39 is 0 Å². The van der Waals surface area contributed by atoms with Gasteiger partial charge in [-0.25, -0.2) is 4.79 Å². The minimum absolute atomic E-state index is 0.236. The van der Waals surface area contributed by atoms with Crippen molar-refractivity contribution >= 4 is 5.97 Å². The molecular weight excluding hydrogens is 300 g/mol. The molecule has 1 heterocycles. The largest absolute Gasteiger partial charge is 0.462 e. The van der Waals surface area contributed by atoms with E-state index in [2.05, 4.69) is 23.3 Å². The zero-order chi connectivity index (χ0) is 16.9. The first-order chi connectivity index (χ1) is 11.6. The lowest BCUT2D eigenvalue weighted by Crippen LogP contribution is -2.15. The smallest absolute Gasteiger partial charge is 0.338 e. The summed E-state index contributed by atoms with van der Waals surface area (Å²) < 4.78 is 7.46. The van der Waals surface area contributed by atoms with Crippen LogP contribution in [0.25, 0.3) is 0 Å². The lowest BCUT2D eigenvalue weighted by molar-refractivity contribution is 0.0432. The minimum atomic E-state index is -0.236. The van der Waals surface area contributed by atoms with Gasteiger partial charge < -0.3 is 4.74 Å². The van der Waals surface area contributed by atoms with Gasteiger partial charge in [0.2, 0.25) is 0 Å². The average Bonchev–Trinajstić information content (AvgIpc) is 2.91. The highest BCUT2D eigenvalue weighted by molar-refractivity contribution is 5.89. The zero-order valence-corrected chi connectivity index (χ0v) is 14.4. The van der Waals surface area contributed by atoms with Crippen LogP contribution in [0.4, 0.5) is 0 Å². The van der Waals surface area contributed by atoms with Crippen molar-refractivity contribution in [3.05, 3.63) is 65.0 Å². The summed E-state index contributed by atoms with van der Waals surface area (Å²) in [6, 6.07) is 9.68. The quantitative estimate of drug-likeness (QED) is 0.615. The van der Waals surface area contributed by atoms with Gasteiger partial charge in [0.05, 0.1) is 24.4 Å². The van der Waals surface area contributed by atoms with E-state index in [0.29, 0.717) is 24.6 Å². The molecule has 0 spiro atoms. The van der Waals surface area contributed by atoms with Gasteiger partial charge >= 0.3 is 5.97 Å². The average molecular weight is 324 g/mol. The van der Waals surface area contributed by atoms with E-state index in [1.165, 1.54) is 0 Å². The molecule has 0 bridgehead atoms. The Bertz CT molecular complexity index is 746. The summed E-state index contributed by atoms with van der Waals surface area (Å²) >= 11 is 0. The third-order valence-electron chi connectivity index (χ3n) is 4.43. The molecule has 0 N–H and O–H groups in total. The van der Waals surface area contributed by atoms with E-state index in [9.17, 15) is 4.79 Å². The van der Waals surface area contributed by atoms with Crippen molar-refractivity contribution in [2.24, 2.45) is 5.92 Å². The Labute approximate surface area is 143 Å². The third kappa shape index (κ3) is 4.13. The van der Waals surface area contributed by atoms with Crippen molar-refractivity contribution < 1.29 is 9.53 Å². The lowest BCUT2D eigenvalue weighted by Gasteiger charge is -2.17. The molecule has 1 unspecified atom stereocenters. The van der Waals surface area contributed by atoms with Gasteiger partial charge in [0.15, 0.2) is 0 Å². The number of allylic oxidation sites excluding steroid dienone is 2. The summed E-state index contributed by atoms with van der Waals surface area (Å²) in [5, 5.41) is 4.47. The zero-order valence-electron chi connectivity index (χ0n) is 14.4. The molecule has 126 valence electrons. The molecule has 0 saturated heterocycles. The molecule has 0 aliphatic heterocycles. The predicted octanol–water partition coefficient (Wildman–Crippen LogP) is 4.06. The van der Waals surface area contributed by atoms with Gasteiger partial charge in [-0.3, -0.25) is 4.68 Å². The Balaban J connectivity index is 1.62. The fourth-order valence-electron chi connectivity index (χ4n) is 3.09. The van der Waals surface area contributed by atoms with E-state index >= 15 is 0 Å². The molecule has 0 fully saturated rings. The summed E-state index contributed by atoms with van der Waals surface area (Å²) in [5.41, 5.74) is 3.78. The van der Waals surface area contributed by atoms with Crippen molar-refractivity contribution in [3.8, 4) is 0 Å². The van der Waals surface area contributed by atoms with Gasteiger partial charge in [-0.2, -0.15) is 5.10 Å². The van der Waals surface area contributed by atoms with Crippen molar-refractivity contribution in [2.45, 2.75) is 39.7 Å². The Kier molecular flexibility index (Phi) is 5.14. The van der Waals surface area contributed by atoms with E-state index in [4.69, 9.17) is 4.74 Å². The van der Waals surface area contributed by atoms with E-state index in [1.54, 1.807) is 0 Å². The first-order valence-electron chi connectivity index (χ1n) is 8.54. The molecule has 0 amide bonds. The van der Waals surface area contributed by atoms with Gasteiger partial charge in [-0.1, -0.05) is 24.3 Å². The molecule has 24 heavy (non-hydrogen) atoms. The van der Waals surface area contributed by atoms with Gasteiger partial charge in [-0.15, -0.1) is 0 Å². The molecule has 1 aromatic carbocycles. The van der Waals surface area contributed by atoms with Crippen LogP contribution in [0, 0.1) is 19.8 Å². The van der Waals surface area contributed by atoms with Crippen LogP contribution in [-0.2, 0) is 11.3 Å². The third-order valence-corrected chi connectivity index (χ3v) is 4.43. The van der Waals surface area contributed by atoms with Crippen LogP contribution in [0.3, 0.4) is 0 Å². The number of ether oxygens (including phenoxy) is 1. The first-order valence-corrected chi connectivity index (χ1v) is 8.54. The number of aromatic nitrogens is 2. The number of hydrogen-bond donors (Lipinski definition) is 0. The molecule has 1 atom stereocenters. The Morgan fingerprint density at radius 3 is 2.88 bits per heavy atom. The second-order valence-corrected chi connectivity index (χ2v) is 6.53. The Hall–Kier alpha value is -2.36. The van der Waals surface area contributed by atoms with E-state index in [1.807, 2.05) is 42.8 Å². The molecule has 1 aliphatic rings. The van der Waals surface area contributed by atoms with Crippen LogP contribution in [0.1, 0.15) is 46.6 Å². The van der Waals surface area contributed by atoms with Crippen molar-refractivity contribution in [1.29, 1.82) is 0 Å². The van der Waals surface area contributed by atoms with Crippen molar-refractivity contribution in [3.63, 3.8) is 0 Å². The Morgan fingerprint density at radius 2 is 2.17 bits per heavy atom. The molecule has 2 aromatic rings. The second kappa shape index (κ2) is 7.47. The maximum Gasteiger partial charge on any atom is 0.338 e. The number of aryl methyl sites for hydroxylation is 2. The summed E-state index contributed by atoms with van der Waals surface area (Å²) in [5.74, 6) is 0.219. The molecule has 4 nitrogen and oxygen atoms in total. The van der Waals surface area contributed by atoms with Gasteiger partial charge in [0.1, 0.15) is 0 Å². The van der Waals surface area contributed by atoms with Crippen molar-refractivity contribution in [2.75, 3.05) is 6.61 Å². The maximum absolute atomic E-state index is 12.3. The predicted molar refractivity (Wildman–Crippen MR) is 94.0 cm³/mol. The highest BCUT2D eigenvalue weighted by Gasteiger charge is 2.14. The van der Waals surface area contributed by atoms with Crippen LogP contribution >= 0.6 is 0 Å². The number of esters is 1. The molecule has 0 radical (unpaired) electrons. The molecule has 1 aliphatic carbocycles.